The van der Waals surface area contributed by atoms with E-state index in [2.05, 4.69) is 35.0 Å². The van der Waals surface area contributed by atoms with Crippen LogP contribution in [-0.2, 0) is 11.2 Å². The van der Waals surface area contributed by atoms with Crippen molar-refractivity contribution in [3.05, 3.63) is 76.0 Å². The van der Waals surface area contributed by atoms with E-state index >= 15 is 0 Å². The van der Waals surface area contributed by atoms with Gasteiger partial charge in [-0.3, -0.25) is 14.9 Å². The third-order valence-electron chi connectivity index (χ3n) is 4.77. The Balaban J connectivity index is 1.75. The summed E-state index contributed by atoms with van der Waals surface area (Å²) in [6.07, 6.45) is 4.53. The maximum atomic E-state index is 12.1. The number of fused-ring (bicyclic) bond motifs is 1. The fourth-order valence-corrected chi connectivity index (χ4v) is 3.12. The number of rotatable bonds is 7. The summed E-state index contributed by atoms with van der Waals surface area (Å²) in [5, 5.41) is 16.2. The van der Waals surface area contributed by atoms with Crippen LogP contribution < -0.4 is 5.43 Å². The lowest BCUT2D eigenvalue weighted by Gasteiger charge is -2.12. The van der Waals surface area contributed by atoms with E-state index < -0.39 is 10.8 Å². The number of hydrogen-bond acceptors (Lipinski definition) is 4. The smallest absolute Gasteiger partial charge is 0.273 e. The summed E-state index contributed by atoms with van der Waals surface area (Å²) in [5.41, 5.74) is 4.77. The molecule has 2 aromatic carbocycles. The molecule has 0 fully saturated rings. The Kier molecular flexibility index (Phi) is 5.84. The average molecular weight is 378 g/mol. The van der Waals surface area contributed by atoms with Gasteiger partial charge in [-0.1, -0.05) is 43.3 Å². The van der Waals surface area contributed by atoms with Crippen LogP contribution in [0.15, 0.2) is 59.8 Å². The zero-order valence-corrected chi connectivity index (χ0v) is 15.8. The van der Waals surface area contributed by atoms with Gasteiger partial charge in [-0.05, 0) is 19.4 Å². The van der Waals surface area contributed by atoms with E-state index in [0.717, 1.165) is 22.9 Å². The van der Waals surface area contributed by atoms with Crippen LogP contribution in [0, 0.1) is 10.1 Å². The average Bonchev–Trinajstić information content (AvgIpc) is 3.06. The Bertz CT molecular complexity index is 1040. The molecular formula is C21H22N4O3. The fraction of sp³-hybridized carbons (Fsp3) is 0.238. The summed E-state index contributed by atoms with van der Waals surface area (Å²) >= 11 is 0. The molecule has 28 heavy (non-hydrogen) atoms. The number of nitro benzene ring substituents is 1. The van der Waals surface area contributed by atoms with Gasteiger partial charge in [-0.25, -0.2) is 5.43 Å². The van der Waals surface area contributed by atoms with Gasteiger partial charge in [0.15, 0.2) is 0 Å². The molecule has 0 aliphatic carbocycles. The van der Waals surface area contributed by atoms with Crippen molar-refractivity contribution in [2.75, 3.05) is 0 Å². The van der Waals surface area contributed by atoms with Gasteiger partial charge in [-0.2, -0.15) is 5.10 Å². The van der Waals surface area contributed by atoms with Crippen molar-refractivity contribution in [2.24, 2.45) is 5.10 Å². The number of hydrazone groups is 1. The summed E-state index contributed by atoms with van der Waals surface area (Å²) in [6, 6.07) is 14.6. The number of benzene rings is 2. The van der Waals surface area contributed by atoms with Gasteiger partial charge >= 0.3 is 0 Å². The van der Waals surface area contributed by atoms with Gasteiger partial charge < -0.3 is 4.57 Å². The molecule has 0 spiro atoms. The third-order valence-corrected chi connectivity index (χ3v) is 4.77. The number of nitrogens with one attached hydrogen (secondary N) is 1. The topological polar surface area (TPSA) is 89.5 Å². The lowest BCUT2D eigenvalue weighted by atomic mass is 10.1. The quantitative estimate of drug-likeness (QED) is 0.379. The number of hydrogen-bond donors (Lipinski definition) is 1. The molecular weight excluding hydrogens is 356 g/mol. The summed E-state index contributed by atoms with van der Waals surface area (Å²) in [6.45, 7) is 4.29. The highest BCUT2D eigenvalue weighted by atomic mass is 16.6. The molecule has 1 atom stereocenters. The maximum Gasteiger partial charge on any atom is 0.273 e. The van der Waals surface area contributed by atoms with Crippen molar-refractivity contribution >= 4 is 28.7 Å². The molecule has 0 bridgehead atoms. The van der Waals surface area contributed by atoms with Crippen LogP contribution in [-0.4, -0.2) is 21.6 Å². The van der Waals surface area contributed by atoms with Crippen LogP contribution in [0.1, 0.15) is 37.4 Å². The van der Waals surface area contributed by atoms with Crippen LogP contribution >= 0.6 is 0 Å². The molecule has 0 saturated heterocycles. The first kappa shape index (κ1) is 19.3. The number of carbonyl (C=O) groups excluding carboxylic acids is 1. The number of amides is 1. The molecule has 3 aromatic rings. The Morgan fingerprint density at radius 3 is 2.71 bits per heavy atom. The SMILES string of the molecule is CCC(C)n1cc(C=NNC(=O)Cc2ccccc2[N+](=O)[O-])c2ccccc21. The zero-order valence-electron chi connectivity index (χ0n) is 15.8. The highest BCUT2D eigenvalue weighted by Gasteiger charge is 2.15. The summed E-state index contributed by atoms with van der Waals surface area (Å²) < 4.78 is 2.20. The van der Waals surface area contributed by atoms with Gasteiger partial charge in [0.05, 0.1) is 17.6 Å². The molecule has 7 nitrogen and oxygen atoms in total. The first-order valence-electron chi connectivity index (χ1n) is 9.15. The second-order valence-electron chi connectivity index (χ2n) is 6.62. The van der Waals surface area contributed by atoms with Crippen LogP contribution in [0.3, 0.4) is 0 Å². The fourth-order valence-electron chi connectivity index (χ4n) is 3.12. The Labute approximate surface area is 162 Å². The van der Waals surface area contributed by atoms with E-state index in [4.69, 9.17) is 0 Å². The van der Waals surface area contributed by atoms with E-state index in [9.17, 15) is 14.9 Å². The number of aromatic nitrogens is 1. The van der Waals surface area contributed by atoms with E-state index in [-0.39, 0.29) is 12.1 Å². The Morgan fingerprint density at radius 1 is 1.25 bits per heavy atom. The van der Waals surface area contributed by atoms with E-state index in [1.807, 2.05) is 24.4 Å². The summed E-state index contributed by atoms with van der Waals surface area (Å²) in [4.78, 5) is 22.7. The third kappa shape index (κ3) is 4.09. The number of carbonyl (C=O) groups is 1. The normalized spacial score (nSPS) is 12.4. The van der Waals surface area contributed by atoms with Crippen LogP contribution in [0.2, 0.25) is 0 Å². The van der Waals surface area contributed by atoms with Crippen molar-refractivity contribution < 1.29 is 9.72 Å². The molecule has 144 valence electrons. The number of para-hydroxylation sites is 2. The molecule has 0 aliphatic rings. The molecule has 0 radical (unpaired) electrons. The molecule has 0 saturated carbocycles. The van der Waals surface area contributed by atoms with Gasteiger partial charge in [-0.15, -0.1) is 0 Å². The Hall–Kier alpha value is -3.48. The first-order chi connectivity index (χ1) is 13.5. The van der Waals surface area contributed by atoms with Gasteiger partial charge in [0.2, 0.25) is 5.91 Å². The molecule has 3 rings (SSSR count). The van der Waals surface area contributed by atoms with Crippen LogP contribution in [0.4, 0.5) is 5.69 Å². The highest BCUT2D eigenvalue weighted by molar-refractivity contribution is 5.99. The summed E-state index contributed by atoms with van der Waals surface area (Å²) in [7, 11) is 0. The van der Waals surface area contributed by atoms with Crippen LogP contribution in [0.5, 0.6) is 0 Å². The lowest BCUT2D eigenvalue weighted by molar-refractivity contribution is -0.385. The van der Waals surface area contributed by atoms with Gasteiger partial charge in [0, 0.05) is 40.3 Å². The minimum Gasteiger partial charge on any atom is -0.344 e. The van der Waals surface area contributed by atoms with Crippen molar-refractivity contribution in [1.82, 2.24) is 9.99 Å². The molecule has 1 unspecified atom stereocenters. The highest BCUT2D eigenvalue weighted by Crippen LogP contribution is 2.25. The summed E-state index contributed by atoms with van der Waals surface area (Å²) in [5.74, 6) is -0.406. The molecule has 1 heterocycles. The number of nitro groups is 1. The van der Waals surface area contributed by atoms with Gasteiger partial charge in [0.25, 0.3) is 5.69 Å². The largest absolute Gasteiger partial charge is 0.344 e. The van der Waals surface area contributed by atoms with Crippen LogP contribution in [0.25, 0.3) is 10.9 Å². The minimum absolute atomic E-state index is 0.0711. The lowest BCUT2D eigenvalue weighted by Crippen LogP contribution is -2.20. The minimum atomic E-state index is -0.490. The van der Waals surface area contributed by atoms with Gasteiger partial charge in [0.1, 0.15) is 0 Å². The van der Waals surface area contributed by atoms with E-state index in [1.54, 1.807) is 24.4 Å². The molecule has 1 N–H and O–H groups in total. The number of nitrogens with zero attached hydrogens (tertiary/aromatic N) is 3. The van der Waals surface area contributed by atoms with Crippen molar-refractivity contribution in [2.45, 2.75) is 32.7 Å². The monoisotopic (exact) mass is 378 g/mol. The zero-order chi connectivity index (χ0) is 20.1. The molecule has 7 heteroatoms. The molecule has 1 amide bonds. The molecule has 1 aromatic heterocycles. The maximum absolute atomic E-state index is 12.1. The predicted octanol–water partition coefficient (Wildman–Crippen LogP) is 4.21. The van der Waals surface area contributed by atoms with E-state index in [0.29, 0.717) is 11.6 Å². The standard InChI is InChI=1S/C21H22N4O3/c1-3-15(2)24-14-17(18-9-5-7-11-20(18)24)13-22-23-21(26)12-16-8-4-6-10-19(16)25(27)28/h4-11,13-15H,3,12H2,1-2H3,(H,23,26). The second-order valence-corrected chi connectivity index (χ2v) is 6.62. The Morgan fingerprint density at radius 2 is 1.96 bits per heavy atom. The van der Waals surface area contributed by atoms with Crippen molar-refractivity contribution in [3.63, 3.8) is 0 Å². The van der Waals surface area contributed by atoms with Crippen molar-refractivity contribution in [3.8, 4) is 0 Å². The second kappa shape index (κ2) is 8.47. The predicted molar refractivity (Wildman–Crippen MR) is 109 cm³/mol. The first-order valence-corrected chi connectivity index (χ1v) is 9.15. The van der Waals surface area contributed by atoms with Crippen molar-refractivity contribution in [1.29, 1.82) is 0 Å². The van der Waals surface area contributed by atoms with E-state index in [1.165, 1.54) is 6.07 Å². The molecule has 0 aliphatic heterocycles.